The van der Waals surface area contributed by atoms with E-state index in [1.54, 1.807) is 23.9 Å². The first-order chi connectivity index (χ1) is 18.0. The number of benzene rings is 2. The van der Waals surface area contributed by atoms with E-state index in [4.69, 9.17) is 37.8 Å². The maximum absolute atomic E-state index is 13.2. The highest BCUT2D eigenvalue weighted by Gasteiger charge is 2.22. The van der Waals surface area contributed by atoms with Crippen molar-refractivity contribution in [3.05, 3.63) is 63.6 Å². The molecular weight excluding hydrogens is 549 g/mol. The number of amides is 2. The van der Waals surface area contributed by atoms with Gasteiger partial charge in [-0.3, -0.25) is 5.32 Å². The van der Waals surface area contributed by atoms with E-state index in [0.717, 1.165) is 49.2 Å². The minimum absolute atomic E-state index is 0. The van der Waals surface area contributed by atoms with Gasteiger partial charge >= 0.3 is 6.03 Å². The number of hydrogen-bond donors (Lipinski definition) is 3. The molecule has 1 saturated heterocycles. The monoisotopic (exact) mass is 581 g/mol. The van der Waals surface area contributed by atoms with Gasteiger partial charge < -0.3 is 20.1 Å². The molecule has 0 spiro atoms. The molecule has 2 aromatic carbocycles. The van der Waals surface area contributed by atoms with Gasteiger partial charge in [-0.15, -0.1) is 17.5 Å². The van der Waals surface area contributed by atoms with Gasteiger partial charge in [0.1, 0.15) is 5.82 Å². The normalized spacial score (nSPS) is 15.0. The van der Waals surface area contributed by atoms with Crippen molar-refractivity contribution in [1.29, 1.82) is 0 Å². The third-order valence-corrected chi connectivity index (χ3v) is 7.08. The van der Waals surface area contributed by atoms with Crippen molar-refractivity contribution in [3.63, 3.8) is 0 Å². The van der Waals surface area contributed by atoms with E-state index in [1.807, 2.05) is 37.3 Å². The highest BCUT2D eigenvalue weighted by atomic mass is 35.5. The SMILES string of the molecule is COCCCc1cc(Cl)c(Cl)cc1NC(=O)Nc1c(C)c(OCC2CCCNC2)nn1-c1ccccc1.Cl. The van der Waals surface area contributed by atoms with Crippen molar-refractivity contribution in [3.8, 4) is 11.6 Å². The molecule has 2 amide bonds. The van der Waals surface area contributed by atoms with Crippen LogP contribution < -0.4 is 20.7 Å². The van der Waals surface area contributed by atoms with Crippen molar-refractivity contribution >= 4 is 53.1 Å². The quantitative estimate of drug-likeness (QED) is 0.237. The lowest BCUT2D eigenvalue weighted by atomic mass is 10.0. The van der Waals surface area contributed by atoms with E-state index in [2.05, 4.69) is 16.0 Å². The van der Waals surface area contributed by atoms with Crippen LogP contribution >= 0.6 is 35.6 Å². The summed E-state index contributed by atoms with van der Waals surface area (Å²) in [6, 6.07) is 12.7. The second-order valence-electron chi connectivity index (χ2n) is 9.15. The van der Waals surface area contributed by atoms with E-state index in [9.17, 15) is 4.79 Å². The first-order valence-corrected chi connectivity index (χ1v) is 13.2. The standard InChI is InChI=1S/C27H33Cl2N5O3.ClH/c1-18-25(32-27(35)31-24-15-23(29)22(28)14-20(24)9-7-13-36-2)34(21-10-4-3-5-11-21)33-26(18)37-17-19-8-6-12-30-16-19;/h3-5,10-11,14-15,19,30H,6-9,12-13,16-17H2,1-2H3,(H2,31,32,35);1H. The Morgan fingerprint density at radius 3 is 2.66 bits per heavy atom. The van der Waals surface area contributed by atoms with Crippen LogP contribution in [0.2, 0.25) is 10.0 Å². The Hall–Kier alpha value is -2.49. The summed E-state index contributed by atoms with van der Waals surface area (Å²) in [5, 5.41) is 14.8. The molecular formula is C27H34Cl3N5O3. The molecule has 0 saturated carbocycles. The largest absolute Gasteiger partial charge is 0.476 e. The van der Waals surface area contributed by atoms with Gasteiger partial charge in [-0.25, -0.2) is 9.48 Å². The van der Waals surface area contributed by atoms with E-state index < -0.39 is 6.03 Å². The van der Waals surface area contributed by atoms with Crippen LogP contribution in [0.15, 0.2) is 42.5 Å². The second-order valence-corrected chi connectivity index (χ2v) is 9.96. The Bertz CT molecular complexity index is 1200. The zero-order chi connectivity index (χ0) is 26.2. The number of carbonyl (C=O) groups excluding carboxylic acids is 1. The molecule has 3 aromatic rings. The Balaban J connectivity index is 0.00000400. The van der Waals surface area contributed by atoms with Gasteiger partial charge in [-0.05, 0) is 69.0 Å². The third kappa shape index (κ3) is 7.77. The molecule has 1 unspecified atom stereocenters. The number of hydrogen-bond acceptors (Lipinski definition) is 5. The summed E-state index contributed by atoms with van der Waals surface area (Å²) in [6.45, 7) is 5.04. The van der Waals surface area contributed by atoms with Crippen molar-refractivity contribution in [2.45, 2.75) is 32.6 Å². The fourth-order valence-electron chi connectivity index (χ4n) is 4.36. The lowest BCUT2D eigenvalue weighted by Crippen LogP contribution is -2.33. The van der Waals surface area contributed by atoms with Crippen LogP contribution in [-0.2, 0) is 11.2 Å². The molecule has 11 heteroatoms. The molecule has 0 radical (unpaired) electrons. The van der Waals surface area contributed by atoms with E-state index in [0.29, 0.717) is 53.0 Å². The molecule has 0 aliphatic carbocycles. The van der Waals surface area contributed by atoms with Crippen molar-refractivity contribution in [2.75, 3.05) is 44.0 Å². The Morgan fingerprint density at radius 1 is 1.18 bits per heavy atom. The lowest BCUT2D eigenvalue weighted by Gasteiger charge is -2.22. The van der Waals surface area contributed by atoms with Gasteiger partial charge in [0.05, 0.1) is 27.9 Å². The molecule has 8 nitrogen and oxygen atoms in total. The predicted molar refractivity (Wildman–Crippen MR) is 156 cm³/mol. The van der Waals surface area contributed by atoms with Gasteiger partial charge in [0.2, 0.25) is 5.88 Å². The Labute approximate surface area is 239 Å². The summed E-state index contributed by atoms with van der Waals surface area (Å²) in [4.78, 5) is 13.2. The third-order valence-electron chi connectivity index (χ3n) is 6.35. The number of aryl methyl sites for hydroxylation is 1. The Morgan fingerprint density at radius 2 is 1.95 bits per heavy atom. The van der Waals surface area contributed by atoms with Gasteiger partial charge in [-0.2, -0.15) is 0 Å². The van der Waals surface area contributed by atoms with E-state index >= 15 is 0 Å². The van der Waals surface area contributed by atoms with Crippen LogP contribution in [0.5, 0.6) is 5.88 Å². The predicted octanol–water partition coefficient (Wildman–Crippen LogP) is 6.51. The number of urea groups is 1. The summed E-state index contributed by atoms with van der Waals surface area (Å²) in [7, 11) is 1.66. The average molecular weight is 583 g/mol. The molecule has 1 atom stereocenters. The van der Waals surface area contributed by atoms with Crippen LogP contribution in [0.25, 0.3) is 5.69 Å². The molecule has 38 heavy (non-hydrogen) atoms. The number of anilines is 2. The molecule has 4 rings (SSSR count). The number of halogens is 3. The first-order valence-electron chi connectivity index (χ1n) is 12.5. The first kappa shape index (κ1) is 30.1. The van der Waals surface area contributed by atoms with Crippen LogP contribution in [0.1, 0.15) is 30.4 Å². The molecule has 1 aliphatic rings. The Kier molecular flexibility index (Phi) is 11.6. The number of aromatic nitrogens is 2. The van der Waals surface area contributed by atoms with E-state index in [1.165, 1.54) is 0 Å². The van der Waals surface area contributed by atoms with Gasteiger partial charge in [0.25, 0.3) is 0 Å². The molecule has 3 N–H and O–H groups in total. The molecule has 1 aromatic heterocycles. The van der Waals surface area contributed by atoms with Crippen LogP contribution in [0.4, 0.5) is 16.3 Å². The maximum atomic E-state index is 13.2. The van der Waals surface area contributed by atoms with Crippen molar-refractivity contribution in [1.82, 2.24) is 15.1 Å². The fraction of sp³-hybridized carbons (Fsp3) is 0.407. The second kappa shape index (κ2) is 14.6. The summed E-state index contributed by atoms with van der Waals surface area (Å²) >= 11 is 12.5. The van der Waals surface area contributed by atoms with Gasteiger partial charge in [0.15, 0.2) is 0 Å². The van der Waals surface area contributed by atoms with Crippen molar-refractivity contribution < 1.29 is 14.3 Å². The summed E-state index contributed by atoms with van der Waals surface area (Å²) < 4.78 is 13.0. The summed E-state index contributed by atoms with van der Waals surface area (Å²) in [5.41, 5.74) is 3.02. The topological polar surface area (TPSA) is 89.4 Å². The van der Waals surface area contributed by atoms with Gasteiger partial charge in [-0.1, -0.05) is 41.4 Å². The fourth-order valence-corrected chi connectivity index (χ4v) is 4.71. The maximum Gasteiger partial charge on any atom is 0.324 e. The average Bonchev–Trinajstić information content (AvgIpc) is 3.21. The van der Waals surface area contributed by atoms with Crippen LogP contribution in [-0.4, -0.2) is 49.2 Å². The van der Waals surface area contributed by atoms with Crippen LogP contribution in [0, 0.1) is 12.8 Å². The highest BCUT2D eigenvalue weighted by molar-refractivity contribution is 6.42. The summed E-state index contributed by atoms with van der Waals surface area (Å²) in [6.07, 6.45) is 3.72. The minimum Gasteiger partial charge on any atom is -0.476 e. The van der Waals surface area contributed by atoms with E-state index in [-0.39, 0.29) is 12.4 Å². The number of piperidine rings is 1. The molecule has 1 fully saturated rings. The van der Waals surface area contributed by atoms with Gasteiger partial charge in [0, 0.05) is 31.9 Å². The number of carbonyl (C=O) groups is 1. The molecule has 0 bridgehead atoms. The number of para-hydroxylation sites is 1. The molecule has 1 aliphatic heterocycles. The number of ether oxygens (including phenoxy) is 2. The smallest absolute Gasteiger partial charge is 0.324 e. The summed E-state index contributed by atoms with van der Waals surface area (Å²) in [5.74, 6) is 1.46. The minimum atomic E-state index is -0.422. The highest BCUT2D eigenvalue weighted by Crippen LogP contribution is 2.32. The zero-order valence-electron chi connectivity index (χ0n) is 21.6. The number of methoxy groups -OCH3 is 1. The van der Waals surface area contributed by atoms with Crippen LogP contribution in [0.3, 0.4) is 0 Å². The number of nitrogens with one attached hydrogen (secondary N) is 3. The number of nitrogens with zero attached hydrogens (tertiary/aromatic N) is 2. The lowest BCUT2D eigenvalue weighted by molar-refractivity contribution is 0.195. The number of rotatable bonds is 10. The molecule has 2 heterocycles. The molecule has 206 valence electrons. The van der Waals surface area contributed by atoms with Crippen molar-refractivity contribution in [2.24, 2.45) is 5.92 Å². The zero-order valence-corrected chi connectivity index (χ0v) is 23.9.